The van der Waals surface area contributed by atoms with Crippen LogP contribution in [0.1, 0.15) is 12.0 Å². The normalized spacial score (nSPS) is 10.4. The van der Waals surface area contributed by atoms with Crippen molar-refractivity contribution in [2.45, 2.75) is 13.3 Å². The van der Waals surface area contributed by atoms with Crippen molar-refractivity contribution in [2.75, 3.05) is 23.3 Å². The number of carbonyl (C=O) groups excluding carboxylic acids is 2. The van der Waals surface area contributed by atoms with Crippen molar-refractivity contribution < 1.29 is 14.0 Å². The number of hydrogen-bond acceptors (Lipinski definition) is 3. The second-order valence-corrected chi connectivity index (χ2v) is 6.50. The molecule has 0 unspecified atom stereocenters. The maximum Gasteiger partial charge on any atom is 0.243 e. The van der Waals surface area contributed by atoms with Crippen LogP contribution in [-0.2, 0) is 9.59 Å². The third-order valence-corrected chi connectivity index (χ3v) is 4.21. The Morgan fingerprint density at radius 3 is 2.48 bits per heavy atom. The second-order valence-electron chi connectivity index (χ2n) is 5.65. The average molecular weight is 408 g/mol. The van der Waals surface area contributed by atoms with E-state index < -0.39 is 5.91 Å². The van der Waals surface area contributed by atoms with Gasteiger partial charge < -0.3 is 16.0 Å². The number of primary amides is 1. The van der Waals surface area contributed by atoms with Gasteiger partial charge in [-0.15, -0.1) is 0 Å². The standard InChI is InChI=1S/C18H19BrFN3O2/c1-12-2-7-16(15(19)10-12)22-18(25)11-23(9-8-17(21)24)14-5-3-13(20)4-6-14/h2-7,10H,8-9,11H2,1H3,(H2,21,24)(H,22,25). The molecule has 0 spiro atoms. The first kappa shape index (κ1) is 18.9. The van der Waals surface area contributed by atoms with E-state index in [-0.39, 0.29) is 31.2 Å². The van der Waals surface area contributed by atoms with Crippen molar-refractivity contribution in [3.8, 4) is 0 Å². The smallest absolute Gasteiger partial charge is 0.243 e. The molecule has 0 bridgehead atoms. The molecular weight excluding hydrogens is 389 g/mol. The summed E-state index contributed by atoms with van der Waals surface area (Å²) in [6, 6.07) is 11.3. The van der Waals surface area contributed by atoms with E-state index in [2.05, 4.69) is 21.2 Å². The Morgan fingerprint density at radius 1 is 1.20 bits per heavy atom. The molecule has 0 aliphatic heterocycles. The van der Waals surface area contributed by atoms with Crippen LogP contribution in [0, 0.1) is 12.7 Å². The largest absolute Gasteiger partial charge is 0.370 e. The lowest BCUT2D eigenvalue weighted by Gasteiger charge is -2.24. The summed E-state index contributed by atoms with van der Waals surface area (Å²) in [5.74, 6) is -1.08. The third kappa shape index (κ3) is 5.86. The van der Waals surface area contributed by atoms with Gasteiger partial charge in [0.15, 0.2) is 0 Å². The van der Waals surface area contributed by atoms with Gasteiger partial charge >= 0.3 is 0 Å². The van der Waals surface area contributed by atoms with Gasteiger partial charge in [0.2, 0.25) is 11.8 Å². The van der Waals surface area contributed by atoms with Crippen LogP contribution in [0.4, 0.5) is 15.8 Å². The predicted octanol–water partition coefficient (Wildman–Crippen LogP) is 3.22. The molecule has 25 heavy (non-hydrogen) atoms. The molecule has 0 aliphatic rings. The van der Waals surface area contributed by atoms with Gasteiger partial charge in [-0.1, -0.05) is 6.07 Å². The van der Waals surface area contributed by atoms with Crippen LogP contribution in [0.25, 0.3) is 0 Å². The number of nitrogens with zero attached hydrogens (tertiary/aromatic N) is 1. The summed E-state index contributed by atoms with van der Waals surface area (Å²) >= 11 is 3.41. The van der Waals surface area contributed by atoms with Crippen LogP contribution < -0.4 is 16.0 Å². The van der Waals surface area contributed by atoms with Crippen LogP contribution >= 0.6 is 15.9 Å². The number of carbonyl (C=O) groups is 2. The van der Waals surface area contributed by atoms with Crippen molar-refractivity contribution in [3.05, 3.63) is 58.3 Å². The first-order chi connectivity index (χ1) is 11.8. The van der Waals surface area contributed by atoms with Gasteiger partial charge in [-0.2, -0.15) is 0 Å². The molecule has 0 radical (unpaired) electrons. The van der Waals surface area contributed by atoms with Gasteiger partial charge in [0.05, 0.1) is 12.2 Å². The number of benzene rings is 2. The highest BCUT2D eigenvalue weighted by Gasteiger charge is 2.14. The Kier molecular flexibility index (Phi) is 6.52. The molecule has 132 valence electrons. The van der Waals surface area contributed by atoms with E-state index in [4.69, 9.17) is 5.73 Å². The fourth-order valence-electron chi connectivity index (χ4n) is 2.28. The molecule has 7 heteroatoms. The molecular formula is C18H19BrFN3O2. The Morgan fingerprint density at radius 2 is 1.88 bits per heavy atom. The molecule has 3 N–H and O–H groups in total. The number of aryl methyl sites for hydroxylation is 1. The van der Waals surface area contributed by atoms with E-state index in [1.807, 2.05) is 25.1 Å². The Bertz CT molecular complexity index is 765. The zero-order valence-corrected chi connectivity index (χ0v) is 15.3. The van der Waals surface area contributed by atoms with Gasteiger partial charge in [-0.05, 0) is 64.8 Å². The molecule has 0 aromatic heterocycles. The van der Waals surface area contributed by atoms with E-state index in [1.54, 1.807) is 17.0 Å². The van der Waals surface area contributed by atoms with Crippen LogP contribution in [0.15, 0.2) is 46.9 Å². The molecule has 2 aromatic rings. The minimum Gasteiger partial charge on any atom is -0.370 e. The quantitative estimate of drug-likeness (QED) is 0.739. The molecule has 0 heterocycles. The highest BCUT2D eigenvalue weighted by atomic mass is 79.9. The second kappa shape index (κ2) is 8.62. The topological polar surface area (TPSA) is 75.4 Å². The molecule has 2 rings (SSSR count). The minimum absolute atomic E-state index is 0.0131. The summed E-state index contributed by atoms with van der Waals surface area (Å²) in [6.45, 7) is 2.24. The van der Waals surface area contributed by atoms with Gasteiger partial charge in [0.25, 0.3) is 0 Å². The lowest BCUT2D eigenvalue weighted by Crippen LogP contribution is -2.35. The predicted molar refractivity (Wildman–Crippen MR) is 99.9 cm³/mol. The number of hydrogen-bond donors (Lipinski definition) is 2. The first-order valence-electron chi connectivity index (χ1n) is 7.70. The van der Waals surface area contributed by atoms with Gasteiger partial charge in [0.1, 0.15) is 5.82 Å². The van der Waals surface area contributed by atoms with E-state index in [9.17, 15) is 14.0 Å². The molecule has 0 atom stereocenters. The molecule has 0 saturated heterocycles. The zero-order chi connectivity index (χ0) is 18.4. The van der Waals surface area contributed by atoms with E-state index >= 15 is 0 Å². The molecule has 0 aliphatic carbocycles. The maximum absolute atomic E-state index is 13.1. The van der Waals surface area contributed by atoms with Crippen molar-refractivity contribution in [1.29, 1.82) is 0 Å². The Hall–Kier alpha value is -2.41. The maximum atomic E-state index is 13.1. The first-order valence-corrected chi connectivity index (χ1v) is 8.49. The molecule has 2 aromatic carbocycles. The number of rotatable bonds is 7. The molecule has 2 amide bonds. The number of amides is 2. The summed E-state index contributed by atoms with van der Waals surface area (Å²) in [6.07, 6.45) is 0.0961. The highest BCUT2D eigenvalue weighted by Crippen LogP contribution is 2.23. The fourth-order valence-corrected chi connectivity index (χ4v) is 2.87. The Balaban J connectivity index is 2.10. The van der Waals surface area contributed by atoms with Crippen LogP contribution in [0.3, 0.4) is 0 Å². The highest BCUT2D eigenvalue weighted by molar-refractivity contribution is 9.10. The van der Waals surface area contributed by atoms with Gasteiger partial charge in [0, 0.05) is 23.1 Å². The SMILES string of the molecule is Cc1ccc(NC(=O)CN(CCC(N)=O)c2ccc(F)cc2)c(Br)c1. The van der Waals surface area contributed by atoms with Crippen molar-refractivity contribution in [2.24, 2.45) is 5.73 Å². The number of nitrogens with two attached hydrogens (primary N) is 1. The molecule has 5 nitrogen and oxygen atoms in total. The lowest BCUT2D eigenvalue weighted by atomic mass is 10.2. The van der Waals surface area contributed by atoms with Crippen molar-refractivity contribution in [3.63, 3.8) is 0 Å². The third-order valence-electron chi connectivity index (χ3n) is 3.55. The van der Waals surface area contributed by atoms with Crippen molar-refractivity contribution in [1.82, 2.24) is 0 Å². The Labute approximate surface area is 154 Å². The molecule has 0 saturated carbocycles. The van der Waals surface area contributed by atoms with Crippen LogP contribution in [0.5, 0.6) is 0 Å². The number of anilines is 2. The lowest BCUT2D eigenvalue weighted by molar-refractivity contribution is -0.118. The summed E-state index contributed by atoms with van der Waals surface area (Å²) in [7, 11) is 0. The number of nitrogens with one attached hydrogen (secondary N) is 1. The van der Waals surface area contributed by atoms with Gasteiger partial charge in [-0.25, -0.2) is 4.39 Å². The minimum atomic E-state index is -0.464. The molecule has 0 fully saturated rings. The fraction of sp³-hybridized carbons (Fsp3) is 0.222. The van der Waals surface area contributed by atoms with E-state index in [1.165, 1.54) is 12.1 Å². The monoisotopic (exact) mass is 407 g/mol. The van der Waals surface area contributed by atoms with E-state index in [0.29, 0.717) is 11.4 Å². The summed E-state index contributed by atoms with van der Waals surface area (Å²) in [5.41, 5.74) is 7.56. The summed E-state index contributed by atoms with van der Waals surface area (Å²) < 4.78 is 13.9. The summed E-state index contributed by atoms with van der Waals surface area (Å²) in [4.78, 5) is 25.1. The average Bonchev–Trinajstić information content (AvgIpc) is 2.55. The van der Waals surface area contributed by atoms with Crippen LogP contribution in [-0.4, -0.2) is 24.9 Å². The van der Waals surface area contributed by atoms with Gasteiger partial charge in [-0.3, -0.25) is 9.59 Å². The van der Waals surface area contributed by atoms with E-state index in [0.717, 1.165) is 10.0 Å². The zero-order valence-electron chi connectivity index (χ0n) is 13.8. The van der Waals surface area contributed by atoms with Crippen LogP contribution in [0.2, 0.25) is 0 Å². The summed E-state index contributed by atoms with van der Waals surface area (Å²) in [5, 5.41) is 2.82. The number of halogens is 2. The van der Waals surface area contributed by atoms with Crippen molar-refractivity contribution >= 4 is 39.1 Å².